The van der Waals surface area contributed by atoms with E-state index in [0.717, 1.165) is 64.6 Å². The van der Waals surface area contributed by atoms with Crippen LogP contribution in [0.25, 0.3) is 0 Å². The number of nitrogens with zero attached hydrogens (tertiary/aromatic N) is 2. The molecule has 1 saturated carbocycles. The maximum Gasteiger partial charge on any atom is 0.240 e. The molecule has 2 aliphatic heterocycles. The van der Waals surface area contributed by atoms with Crippen LogP contribution in [0, 0.1) is 16.7 Å². The van der Waals surface area contributed by atoms with E-state index in [1.165, 1.54) is 0 Å². The van der Waals surface area contributed by atoms with Crippen molar-refractivity contribution in [2.24, 2.45) is 16.7 Å². The zero-order valence-corrected chi connectivity index (χ0v) is 17.6. The molecule has 2 amide bonds. The quantitative estimate of drug-likeness (QED) is 0.748. The molecule has 2 heterocycles. The van der Waals surface area contributed by atoms with Crippen LogP contribution in [0.1, 0.15) is 72.6 Å². The number of nitrogens with one attached hydrogen (secondary N) is 1. The molecule has 0 unspecified atom stereocenters. The van der Waals surface area contributed by atoms with Crippen molar-refractivity contribution in [3.63, 3.8) is 0 Å². The van der Waals surface area contributed by atoms with Crippen LogP contribution in [0.5, 0.6) is 0 Å². The number of carbonyl (C=O) groups is 2. The minimum Gasteiger partial charge on any atom is -0.342 e. The SMILES string of the molecule is CCC[C@H]1C=CCCN1NC(=O)[C@]1(C)CC[C@H](C(=O)N2CCCC2)C1(C)C. The van der Waals surface area contributed by atoms with Crippen molar-refractivity contribution in [3.8, 4) is 0 Å². The molecule has 2 fully saturated rings. The van der Waals surface area contributed by atoms with Gasteiger partial charge < -0.3 is 4.90 Å². The Morgan fingerprint density at radius 2 is 1.85 bits per heavy atom. The van der Waals surface area contributed by atoms with E-state index in [1.54, 1.807) is 0 Å². The number of likely N-dealkylation sites (tertiary alicyclic amines) is 1. The molecule has 5 nitrogen and oxygen atoms in total. The molecule has 0 bridgehead atoms. The van der Waals surface area contributed by atoms with Gasteiger partial charge in [-0.2, -0.15) is 0 Å². The molecular formula is C22H37N3O2. The van der Waals surface area contributed by atoms with E-state index in [4.69, 9.17) is 0 Å². The van der Waals surface area contributed by atoms with Crippen LogP contribution >= 0.6 is 0 Å². The van der Waals surface area contributed by atoms with Gasteiger partial charge in [-0.05, 0) is 43.9 Å². The lowest BCUT2D eigenvalue weighted by Crippen LogP contribution is -2.56. The lowest BCUT2D eigenvalue weighted by molar-refractivity contribution is -0.146. The maximum atomic E-state index is 13.4. The van der Waals surface area contributed by atoms with Crippen molar-refractivity contribution in [2.45, 2.75) is 78.7 Å². The molecule has 3 rings (SSSR count). The number of hydrogen-bond donors (Lipinski definition) is 1. The van der Waals surface area contributed by atoms with Gasteiger partial charge in [-0.3, -0.25) is 15.0 Å². The molecule has 0 aromatic heterocycles. The lowest BCUT2D eigenvalue weighted by Gasteiger charge is -2.43. The Morgan fingerprint density at radius 1 is 1.15 bits per heavy atom. The molecule has 0 aromatic carbocycles. The fourth-order valence-electron chi connectivity index (χ4n) is 5.17. The van der Waals surface area contributed by atoms with Gasteiger partial charge in [0.2, 0.25) is 11.8 Å². The Hall–Kier alpha value is -1.36. The number of carbonyl (C=O) groups excluding carboxylic acids is 2. The summed E-state index contributed by atoms with van der Waals surface area (Å²) >= 11 is 0. The van der Waals surface area contributed by atoms with E-state index in [-0.39, 0.29) is 29.2 Å². The van der Waals surface area contributed by atoms with Crippen LogP contribution in [0.2, 0.25) is 0 Å². The summed E-state index contributed by atoms with van der Waals surface area (Å²) in [5, 5.41) is 2.11. The highest BCUT2D eigenvalue weighted by molar-refractivity contribution is 5.87. The molecular weight excluding hydrogens is 338 g/mol. The molecule has 0 spiro atoms. The third-order valence-electron chi connectivity index (χ3n) is 7.57. The van der Waals surface area contributed by atoms with Crippen LogP contribution in [-0.2, 0) is 9.59 Å². The minimum absolute atomic E-state index is 0.0564. The third kappa shape index (κ3) is 3.67. The van der Waals surface area contributed by atoms with E-state index >= 15 is 0 Å². The van der Waals surface area contributed by atoms with Crippen LogP contribution in [0.4, 0.5) is 0 Å². The van der Waals surface area contributed by atoms with Gasteiger partial charge in [-0.15, -0.1) is 0 Å². The highest BCUT2D eigenvalue weighted by Crippen LogP contribution is 2.56. The van der Waals surface area contributed by atoms with Crippen LogP contribution in [0.3, 0.4) is 0 Å². The third-order valence-corrected chi connectivity index (χ3v) is 7.57. The summed E-state index contributed by atoms with van der Waals surface area (Å²) in [5.74, 6) is 0.290. The van der Waals surface area contributed by atoms with Crippen molar-refractivity contribution < 1.29 is 9.59 Å². The van der Waals surface area contributed by atoms with Gasteiger partial charge in [0.15, 0.2) is 0 Å². The average molecular weight is 376 g/mol. The average Bonchev–Trinajstić information content (AvgIpc) is 3.24. The van der Waals surface area contributed by atoms with Crippen LogP contribution < -0.4 is 5.43 Å². The van der Waals surface area contributed by atoms with Gasteiger partial charge in [0.1, 0.15) is 0 Å². The summed E-state index contributed by atoms with van der Waals surface area (Å²) in [6.07, 6.45) is 11.4. The van der Waals surface area contributed by atoms with E-state index in [9.17, 15) is 9.59 Å². The Balaban J connectivity index is 1.72. The molecule has 0 radical (unpaired) electrons. The molecule has 1 saturated heterocycles. The summed E-state index contributed by atoms with van der Waals surface area (Å²) in [4.78, 5) is 28.5. The molecule has 27 heavy (non-hydrogen) atoms. The maximum absolute atomic E-state index is 13.4. The fraction of sp³-hybridized carbons (Fsp3) is 0.818. The Labute approximate surface area is 164 Å². The zero-order valence-electron chi connectivity index (χ0n) is 17.6. The van der Waals surface area contributed by atoms with Gasteiger partial charge in [0.25, 0.3) is 0 Å². The first-order chi connectivity index (χ1) is 12.8. The molecule has 0 aromatic rings. The second kappa shape index (κ2) is 7.94. The lowest BCUT2D eigenvalue weighted by atomic mass is 9.65. The monoisotopic (exact) mass is 375 g/mol. The molecule has 5 heteroatoms. The number of hydrazine groups is 1. The second-order valence-electron chi connectivity index (χ2n) is 9.38. The van der Waals surface area contributed by atoms with Crippen molar-refractivity contribution in [2.75, 3.05) is 19.6 Å². The normalized spacial score (nSPS) is 33.4. The second-order valence-corrected chi connectivity index (χ2v) is 9.38. The highest BCUT2D eigenvalue weighted by Gasteiger charge is 2.58. The van der Waals surface area contributed by atoms with Crippen LogP contribution in [0.15, 0.2) is 12.2 Å². The smallest absolute Gasteiger partial charge is 0.240 e. The molecule has 1 aliphatic carbocycles. The first-order valence-corrected chi connectivity index (χ1v) is 10.8. The van der Waals surface area contributed by atoms with Gasteiger partial charge in [0, 0.05) is 31.6 Å². The van der Waals surface area contributed by atoms with E-state index < -0.39 is 5.41 Å². The molecule has 3 atom stereocenters. The predicted octanol–water partition coefficient (Wildman–Crippen LogP) is 3.51. The summed E-state index contributed by atoms with van der Waals surface area (Å²) < 4.78 is 0. The minimum atomic E-state index is -0.523. The topological polar surface area (TPSA) is 52.7 Å². The predicted molar refractivity (Wildman–Crippen MR) is 108 cm³/mol. The van der Waals surface area contributed by atoms with Gasteiger partial charge in [-0.25, -0.2) is 5.01 Å². The summed E-state index contributed by atoms with van der Waals surface area (Å²) in [6.45, 7) is 11.1. The Morgan fingerprint density at radius 3 is 2.52 bits per heavy atom. The van der Waals surface area contributed by atoms with Gasteiger partial charge in [0.05, 0.1) is 5.41 Å². The van der Waals surface area contributed by atoms with Crippen molar-refractivity contribution in [3.05, 3.63) is 12.2 Å². The van der Waals surface area contributed by atoms with Crippen molar-refractivity contribution >= 4 is 11.8 Å². The van der Waals surface area contributed by atoms with E-state index in [1.807, 2.05) is 4.90 Å². The van der Waals surface area contributed by atoms with Crippen molar-refractivity contribution in [1.82, 2.24) is 15.3 Å². The Bertz CT molecular complexity index is 594. The summed E-state index contributed by atoms with van der Waals surface area (Å²) in [5.41, 5.74) is 2.37. The van der Waals surface area contributed by atoms with Gasteiger partial charge >= 0.3 is 0 Å². The van der Waals surface area contributed by atoms with Crippen LogP contribution in [-0.4, -0.2) is 47.4 Å². The highest BCUT2D eigenvalue weighted by atomic mass is 16.2. The first-order valence-electron chi connectivity index (χ1n) is 10.8. The molecule has 3 aliphatic rings. The van der Waals surface area contributed by atoms with E-state index in [0.29, 0.717) is 0 Å². The standard InChI is InChI=1S/C22H37N3O2/c1-5-10-17-11-6-7-16-25(17)23-20(27)22(4)13-12-18(21(22,2)3)19(26)24-14-8-9-15-24/h6,11,17-18H,5,7-10,12-16H2,1-4H3,(H,23,27)/t17-,18+,22-/m0/s1. The fourth-order valence-corrected chi connectivity index (χ4v) is 5.17. The summed E-state index contributed by atoms with van der Waals surface area (Å²) in [6, 6.07) is 0.280. The largest absolute Gasteiger partial charge is 0.342 e. The van der Waals surface area contributed by atoms with Gasteiger partial charge in [-0.1, -0.05) is 46.3 Å². The zero-order chi connectivity index (χ0) is 19.7. The molecule has 1 N–H and O–H groups in total. The number of hydrogen-bond acceptors (Lipinski definition) is 3. The number of amides is 2. The summed E-state index contributed by atoms with van der Waals surface area (Å²) in [7, 11) is 0. The molecule has 152 valence electrons. The van der Waals surface area contributed by atoms with E-state index in [2.05, 4.69) is 50.3 Å². The number of rotatable bonds is 5. The van der Waals surface area contributed by atoms with Crippen molar-refractivity contribution in [1.29, 1.82) is 0 Å². The Kier molecular flexibility index (Phi) is 5.99. The first kappa shape index (κ1) is 20.4.